The van der Waals surface area contributed by atoms with Gasteiger partial charge in [-0.2, -0.15) is 5.26 Å². The summed E-state index contributed by atoms with van der Waals surface area (Å²) in [4.78, 5) is 31.7. The molecule has 0 saturated heterocycles. The molecule has 1 saturated carbocycles. The predicted octanol–water partition coefficient (Wildman–Crippen LogP) is 2.29. The van der Waals surface area contributed by atoms with E-state index in [1.165, 1.54) is 15.8 Å². The lowest BCUT2D eigenvalue weighted by atomic mass is 9.83. The molecule has 2 aliphatic carbocycles. The number of rotatable bonds is 3. The van der Waals surface area contributed by atoms with Gasteiger partial charge in [0.05, 0.1) is 17.8 Å². The van der Waals surface area contributed by atoms with Crippen molar-refractivity contribution < 1.29 is 4.79 Å². The van der Waals surface area contributed by atoms with Crippen LogP contribution >= 0.6 is 11.3 Å². The molecular formula is C18H20N4O2S. The Morgan fingerprint density at radius 1 is 1.32 bits per heavy atom. The number of aromatic nitrogens is 2. The fourth-order valence-corrected chi connectivity index (χ4v) is 5.23. The number of carbonyl (C=O) groups is 1. The van der Waals surface area contributed by atoms with Crippen LogP contribution < -0.4 is 10.9 Å². The van der Waals surface area contributed by atoms with E-state index in [0.717, 1.165) is 48.9 Å². The first kappa shape index (κ1) is 16.3. The molecule has 1 fully saturated rings. The van der Waals surface area contributed by atoms with Crippen molar-refractivity contribution in [1.29, 1.82) is 5.26 Å². The van der Waals surface area contributed by atoms with Crippen molar-refractivity contribution in [1.82, 2.24) is 14.9 Å². The van der Waals surface area contributed by atoms with Gasteiger partial charge in [-0.3, -0.25) is 14.2 Å². The standard InChI is InChI=1S/C18H20N4O2S/c19-10-18(7-2-1-3-8-18)21-14(23)9-22-11-20-16-15(17(22)24)12-5-4-6-13(12)25-16/h11H,1-9H2,(H,21,23). The zero-order valence-electron chi connectivity index (χ0n) is 14.0. The Labute approximate surface area is 149 Å². The Morgan fingerprint density at radius 3 is 2.88 bits per heavy atom. The van der Waals surface area contributed by atoms with E-state index in [-0.39, 0.29) is 18.0 Å². The Balaban J connectivity index is 1.58. The van der Waals surface area contributed by atoms with Crippen LogP contribution in [0.25, 0.3) is 10.2 Å². The molecule has 0 radical (unpaired) electrons. The fraction of sp³-hybridized carbons (Fsp3) is 0.556. The van der Waals surface area contributed by atoms with Crippen LogP contribution in [0, 0.1) is 11.3 Å². The second kappa shape index (κ2) is 6.26. The van der Waals surface area contributed by atoms with Crippen molar-refractivity contribution in [3.63, 3.8) is 0 Å². The number of nitrogens with zero attached hydrogens (tertiary/aromatic N) is 3. The monoisotopic (exact) mass is 356 g/mol. The molecule has 1 amide bonds. The normalized spacial score (nSPS) is 18.7. The highest BCUT2D eigenvalue weighted by Crippen LogP contribution is 2.34. The van der Waals surface area contributed by atoms with Crippen LogP contribution in [0.4, 0.5) is 0 Å². The molecule has 25 heavy (non-hydrogen) atoms. The molecule has 1 N–H and O–H groups in total. The summed E-state index contributed by atoms with van der Waals surface area (Å²) < 4.78 is 1.37. The largest absolute Gasteiger partial charge is 0.336 e. The summed E-state index contributed by atoms with van der Waals surface area (Å²) in [5.74, 6) is -0.293. The van der Waals surface area contributed by atoms with Gasteiger partial charge in [0.15, 0.2) is 0 Å². The van der Waals surface area contributed by atoms with E-state index in [1.807, 2.05) is 0 Å². The lowest BCUT2D eigenvalue weighted by molar-refractivity contribution is -0.123. The van der Waals surface area contributed by atoms with Crippen LogP contribution in [0.3, 0.4) is 0 Å². The van der Waals surface area contributed by atoms with Gasteiger partial charge in [-0.25, -0.2) is 4.98 Å². The summed E-state index contributed by atoms with van der Waals surface area (Å²) in [6.45, 7) is -0.0875. The molecule has 2 aromatic heterocycles. The van der Waals surface area contributed by atoms with Crippen LogP contribution in [0.1, 0.15) is 49.0 Å². The van der Waals surface area contributed by atoms with E-state index < -0.39 is 5.54 Å². The number of aryl methyl sites for hydroxylation is 2. The summed E-state index contributed by atoms with van der Waals surface area (Å²) in [5.41, 5.74) is 0.197. The second-order valence-electron chi connectivity index (χ2n) is 7.02. The second-order valence-corrected chi connectivity index (χ2v) is 8.10. The van der Waals surface area contributed by atoms with E-state index in [4.69, 9.17) is 0 Å². The molecule has 2 heterocycles. The topological polar surface area (TPSA) is 87.8 Å². The van der Waals surface area contributed by atoms with E-state index >= 15 is 0 Å². The lowest BCUT2D eigenvalue weighted by Crippen LogP contribution is -2.50. The third kappa shape index (κ3) is 2.85. The highest BCUT2D eigenvalue weighted by molar-refractivity contribution is 7.18. The van der Waals surface area contributed by atoms with E-state index in [2.05, 4.69) is 16.4 Å². The highest BCUT2D eigenvalue weighted by Gasteiger charge is 2.33. The van der Waals surface area contributed by atoms with Gasteiger partial charge in [0.2, 0.25) is 5.91 Å². The van der Waals surface area contributed by atoms with Gasteiger partial charge in [-0.1, -0.05) is 19.3 Å². The third-order valence-electron chi connectivity index (χ3n) is 5.31. The first-order valence-corrected chi connectivity index (χ1v) is 9.65. The minimum atomic E-state index is -0.778. The Hall–Kier alpha value is -2.20. The van der Waals surface area contributed by atoms with Gasteiger partial charge in [0, 0.05) is 4.88 Å². The Morgan fingerprint density at radius 2 is 2.12 bits per heavy atom. The average molecular weight is 356 g/mol. The smallest absolute Gasteiger partial charge is 0.262 e. The summed E-state index contributed by atoms with van der Waals surface area (Å²) >= 11 is 1.59. The van der Waals surface area contributed by atoms with Crippen molar-refractivity contribution in [2.75, 3.05) is 0 Å². The SMILES string of the molecule is N#CC1(NC(=O)Cn2cnc3sc4c(c3c2=O)CCC4)CCCCC1. The van der Waals surface area contributed by atoms with Gasteiger partial charge >= 0.3 is 0 Å². The fourth-order valence-electron chi connectivity index (χ4n) is 4.01. The van der Waals surface area contributed by atoms with Crippen molar-refractivity contribution in [3.05, 3.63) is 27.1 Å². The van der Waals surface area contributed by atoms with Crippen molar-refractivity contribution >= 4 is 27.5 Å². The number of amides is 1. The molecule has 0 aromatic carbocycles. The highest BCUT2D eigenvalue weighted by atomic mass is 32.1. The number of fused-ring (bicyclic) bond motifs is 3. The summed E-state index contributed by atoms with van der Waals surface area (Å²) in [7, 11) is 0. The lowest BCUT2D eigenvalue weighted by Gasteiger charge is -2.31. The van der Waals surface area contributed by atoms with Gasteiger partial charge in [-0.05, 0) is 37.7 Å². The maximum atomic E-state index is 12.8. The number of thiophene rings is 1. The number of hydrogen-bond donors (Lipinski definition) is 1. The van der Waals surface area contributed by atoms with Crippen LogP contribution in [-0.4, -0.2) is 21.0 Å². The molecule has 0 atom stereocenters. The molecular weight excluding hydrogens is 336 g/mol. The molecule has 0 spiro atoms. The number of hydrogen-bond acceptors (Lipinski definition) is 5. The number of carbonyl (C=O) groups excluding carboxylic acids is 1. The maximum Gasteiger partial charge on any atom is 0.262 e. The van der Waals surface area contributed by atoms with Crippen LogP contribution in [0.15, 0.2) is 11.1 Å². The summed E-state index contributed by atoms with van der Waals surface area (Å²) in [6.07, 6.45) is 8.82. The minimum absolute atomic E-state index is 0.0875. The number of nitriles is 1. The summed E-state index contributed by atoms with van der Waals surface area (Å²) in [6, 6.07) is 2.27. The molecule has 2 aromatic rings. The van der Waals surface area contributed by atoms with Crippen molar-refractivity contribution in [2.24, 2.45) is 0 Å². The quantitative estimate of drug-likeness (QED) is 0.914. The maximum absolute atomic E-state index is 12.8. The molecule has 0 bridgehead atoms. The predicted molar refractivity (Wildman–Crippen MR) is 95.5 cm³/mol. The Kier molecular flexibility index (Phi) is 4.08. The molecule has 0 unspecified atom stereocenters. The van der Waals surface area contributed by atoms with E-state index in [9.17, 15) is 14.9 Å². The molecule has 7 heteroatoms. The van der Waals surface area contributed by atoms with Crippen molar-refractivity contribution in [2.45, 2.75) is 63.5 Å². The van der Waals surface area contributed by atoms with Crippen LogP contribution in [-0.2, 0) is 24.2 Å². The molecule has 4 rings (SSSR count). The zero-order chi connectivity index (χ0) is 17.4. The van der Waals surface area contributed by atoms with Crippen LogP contribution in [0.5, 0.6) is 0 Å². The van der Waals surface area contributed by atoms with Crippen LogP contribution in [0.2, 0.25) is 0 Å². The number of nitrogens with one attached hydrogen (secondary N) is 1. The van der Waals surface area contributed by atoms with Gasteiger partial charge in [-0.15, -0.1) is 11.3 Å². The molecule has 130 valence electrons. The zero-order valence-corrected chi connectivity index (χ0v) is 14.8. The Bertz CT molecular complexity index is 931. The van der Waals surface area contributed by atoms with E-state index in [1.54, 1.807) is 11.3 Å². The minimum Gasteiger partial charge on any atom is -0.336 e. The van der Waals surface area contributed by atoms with Gasteiger partial charge in [0.1, 0.15) is 16.9 Å². The van der Waals surface area contributed by atoms with Crippen molar-refractivity contribution in [3.8, 4) is 6.07 Å². The third-order valence-corrected chi connectivity index (χ3v) is 6.51. The van der Waals surface area contributed by atoms with Gasteiger partial charge < -0.3 is 5.32 Å². The first-order chi connectivity index (χ1) is 12.1. The average Bonchev–Trinajstić information content (AvgIpc) is 3.19. The molecule has 2 aliphatic rings. The first-order valence-electron chi connectivity index (χ1n) is 8.84. The summed E-state index contributed by atoms with van der Waals surface area (Å²) in [5, 5.41) is 13.0. The van der Waals surface area contributed by atoms with Gasteiger partial charge in [0.25, 0.3) is 5.56 Å². The molecule has 6 nitrogen and oxygen atoms in total. The van der Waals surface area contributed by atoms with E-state index in [0.29, 0.717) is 18.2 Å². The molecule has 0 aliphatic heterocycles.